The Balaban J connectivity index is 2.24. The van der Waals surface area contributed by atoms with Gasteiger partial charge in [0.1, 0.15) is 11.7 Å². The highest BCUT2D eigenvalue weighted by Crippen LogP contribution is 2.25. The van der Waals surface area contributed by atoms with Crippen molar-refractivity contribution in [3.05, 3.63) is 34.6 Å². The molecular formula is C13H12F5NO2. The number of hydrogen-bond donors (Lipinski definition) is 0. The molecule has 0 radical (unpaired) electrons. The molecule has 0 unspecified atom stereocenters. The predicted octanol–water partition coefficient (Wildman–Crippen LogP) is 2.63. The van der Waals surface area contributed by atoms with Crippen molar-refractivity contribution in [2.75, 3.05) is 20.1 Å². The van der Waals surface area contributed by atoms with Crippen molar-refractivity contribution in [1.82, 2.24) is 4.90 Å². The Morgan fingerprint density at radius 2 is 1.38 bits per heavy atom. The van der Waals surface area contributed by atoms with Crippen molar-refractivity contribution in [2.24, 2.45) is 0 Å². The molecule has 0 bridgehead atoms. The number of carbonyl (C=O) groups is 1. The number of halogens is 5. The molecule has 116 valence electrons. The summed E-state index contributed by atoms with van der Waals surface area (Å²) in [5.41, 5.74) is -1.55. The summed E-state index contributed by atoms with van der Waals surface area (Å²) < 4.78 is 70.6. The van der Waals surface area contributed by atoms with Crippen LogP contribution in [-0.2, 0) is 4.74 Å². The summed E-state index contributed by atoms with van der Waals surface area (Å²) in [4.78, 5) is 13.6. The van der Waals surface area contributed by atoms with Crippen LogP contribution in [0.15, 0.2) is 0 Å². The molecule has 0 spiro atoms. The second kappa shape index (κ2) is 5.97. The van der Waals surface area contributed by atoms with Crippen molar-refractivity contribution >= 4 is 5.97 Å². The summed E-state index contributed by atoms with van der Waals surface area (Å²) in [5.74, 6) is -12.5. The molecule has 0 amide bonds. The first-order valence-electron chi connectivity index (χ1n) is 6.24. The SMILES string of the molecule is CN1CCC(OC(=O)c2c(F)c(F)c(F)c(F)c2F)CC1. The van der Waals surface area contributed by atoms with Crippen LogP contribution in [0.1, 0.15) is 23.2 Å². The van der Waals surface area contributed by atoms with E-state index >= 15 is 0 Å². The molecule has 2 rings (SSSR count). The highest BCUT2D eigenvalue weighted by atomic mass is 19.2. The molecule has 0 aromatic heterocycles. The lowest BCUT2D eigenvalue weighted by Crippen LogP contribution is -2.35. The first-order valence-corrected chi connectivity index (χ1v) is 6.24. The second-order valence-electron chi connectivity index (χ2n) is 4.85. The quantitative estimate of drug-likeness (QED) is 0.364. The second-order valence-corrected chi connectivity index (χ2v) is 4.85. The van der Waals surface area contributed by atoms with Gasteiger partial charge in [0.25, 0.3) is 0 Å². The minimum atomic E-state index is -2.30. The van der Waals surface area contributed by atoms with E-state index in [4.69, 9.17) is 4.74 Å². The zero-order valence-electron chi connectivity index (χ0n) is 11.1. The van der Waals surface area contributed by atoms with Crippen LogP contribution in [0.3, 0.4) is 0 Å². The van der Waals surface area contributed by atoms with E-state index in [-0.39, 0.29) is 0 Å². The predicted molar refractivity (Wildman–Crippen MR) is 62.2 cm³/mol. The molecule has 0 saturated carbocycles. The molecule has 1 aromatic carbocycles. The summed E-state index contributed by atoms with van der Waals surface area (Å²) in [6, 6.07) is 0. The van der Waals surface area contributed by atoms with Crippen molar-refractivity contribution in [2.45, 2.75) is 18.9 Å². The number of rotatable bonds is 2. The maximum Gasteiger partial charge on any atom is 0.344 e. The summed E-state index contributed by atoms with van der Waals surface area (Å²) in [6.45, 7) is 1.21. The molecule has 21 heavy (non-hydrogen) atoms. The van der Waals surface area contributed by atoms with Crippen LogP contribution in [0.25, 0.3) is 0 Å². The molecule has 0 aliphatic carbocycles. The van der Waals surface area contributed by atoms with Gasteiger partial charge in [-0.25, -0.2) is 26.7 Å². The minimum Gasteiger partial charge on any atom is -0.459 e. The van der Waals surface area contributed by atoms with Gasteiger partial charge < -0.3 is 9.64 Å². The fourth-order valence-electron chi connectivity index (χ4n) is 2.10. The largest absolute Gasteiger partial charge is 0.459 e. The van der Waals surface area contributed by atoms with Gasteiger partial charge in [-0.1, -0.05) is 0 Å². The van der Waals surface area contributed by atoms with Crippen molar-refractivity contribution in [3.63, 3.8) is 0 Å². The Morgan fingerprint density at radius 3 is 1.86 bits per heavy atom. The van der Waals surface area contributed by atoms with Gasteiger partial charge in [-0.2, -0.15) is 0 Å². The average Bonchev–Trinajstić information content (AvgIpc) is 2.46. The standard InChI is InChI=1S/C13H12F5NO2/c1-19-4-2-6(3-5-19)21-13(20)7-8(14)10(16)12(18)11(17)9(7)15/h6H,2-5H2,1H3. The van der Waals surface area contributed by atoms with Crippen LogP contribution < -0.4 is 0 Å². The van der Waals surface area contributed by atoms with Gasteiger partial charge >= 0.3 is 5.97 Å². The molecular weight excluding hydrogens is 297 g/mol. The molecule has 1 heterocycles. The zero-order valence-corrected chi connectivity index (χ0v) is 11.1. The van der Waals surface area contributed by atoms with Crippen molar-refractivity contribution in [1.29, 1.82) is 0 Å². The average molecular weight is 309 g/mol. The normalized spacial score (nSPS) is 17.0. The Kier molecular flexibility index (Phi) is 4.46. The third kappa shape index (κ3) is 2.99. The topological polar surface area (TPSA) is 29.5 Å². The number of likely N-dealkylation sites (tertiary alicyclic amines) is 1. The highest BCUT2D eigenvalue weighted by Gasteiger charge is 2.32. The molecule has 1 aliphatic heterocycles. The molecule has 0 N–H and O–H groups in total. The first kappa shape index (κ1) is 15.7. The smallest absolute Gasteiger partial charge is 0.344 e. The Hall–Kier alpha value is -1.70. The monoisotopic (exact) mass is 309 g/mol. The van der Waals surface area contributed by atoms with E-state index in [9.17, 15) is 26.7 Å². The Labute approximate surface area is 117 Å². The number of carbonyl (C=O) groups excluding carboxylic acids is 1. The van der Waals surface area contributed by atoms with Crippen LogP contribution in [0.2, 0.25) is 0 Å². The van der Waals surface area contributed by atoms with Gasteiger partial charge in [0.15, 0.2) is 23.3 Å². The lowest BCUT2D eigenvalue weighted by Gasteiger charge is -2.28. The zero-order chi connectivity index (χ0) is 15.7. The van der Waals surface area contributed by atoms with E-state index in [1.807, 2.05) is 11.9 Å². The van der Waals surface area contributed by atoms with E-state index in [1.165, 1.54) is 0 Å². The van der Waals surface area contributed by atoms with Crippen LogP contribution in [0.5, 0.6) is 0 Å². The van der Waals surface area contributed by atoms with E-state index < -0.39 is 46.7 Å². The molecule has 1 fully saturated rings. The van der Waals surface area contributed by atoms with Crippen molar-refractivity contribution in [3.8, 4) is 0 Å². The number of esters is 1. The fraction of sp³-hybridized carbons (Fsp3) is 0.462. The summed E-state index contributed by atoms with van der Waals surface area (Å²) >= 11 is 0. The van der Waals surface area contributed by atoms with Gasteiger partial charge in [-0.15, -0.1) is 0 Å². The molecule has 1 aliphatic rings. The fourth-order valence-corrected chi connectivity index (χ4v) is 2.10. The van der Waals surface area contributed by atoms with Crippen LogP contribution in [0.4, 0.5) is 22.0 Å². The number of ether oxygens (including phenoxy) is 1. The van der Waals surface area contributed by atoms with Crippen molar-refractivity contribution < 1.29 is 31.5 Å². The molecule has 8 heteroatoms. The number of nitrogens with zero attached hydrogens (tertiary/aromatic N) is 1. The lowest BCUT2D eigenvalue weighted by atomic mass is 10.1. The summed E-state index contributed by atoms with van der Waals surface area (Å²) in [6.07, 6.45) is 0.249. The van der Waals surface area contributed by atoms with Gasteiger partial charge in [0.2, 0.25) is 5.82 Å². The lowest BCUT2D eigenvalue weighted by molar-refractivity contribution is 0.0127. The third-order valence-corrected chi connectivity index (χ3v) is 3.35. The van der Waals surface area contributed by atoms with Gasteiger partial charge in [-0.05, 0) is 19.9 Å². The third-order valence-electron chi connectivity index (χ3n) is 3.35. The Morgan fingerprint density at radius 1 is 0.952 bits per heavy atom. The van der Waals surface area contributed by atoms with E-state index in [0.717, 1.165) is 0 Å². The van der Waals surface area contributed by atoms with Gasteiger partial charge in [-0.3, -0.25) is 0 Å². The van der Waals surface area contributed by atoms with Gasteiger partial charge in [0, 0.05) is 13.1 Å². The summed E-state index contributed by atoms with van der Waals surface area (Å²) in [7, 11) is 1.85. The number of hydrogen-bond acceptors (Lipinski definition) is 3. The maximum atomic E-state index is 13.4. The maximum absolute atomic E-state index is 13.4. The van der Waals surface area contributed by atoms with Crippen LogP contribution >= 0.6 is 0 Å². The van der Waals surface area contributed by atoms with Crippen LogP contribution in [-0.4, -0.2) is 37.1 Å². The number of piperidine rings is 1. The summed E-state index contributed by atoms with van der Waals surface area (Å²) in [5, 5.41) is 0. The highest BCUT2D eigenvalue weighted by molar-refractivity contribution is 5.90. The molecule has 3 nitrogen and oxygen atoms in total. The van der Waals surface area contributed by atoms with Gasteiger partial charge in [0.05, 0.1) is 0 Å². The van der Waals surface area contributed by atoms with E-state index in [2.05, 4.69) is 0 Å². The molecule has 1 saturated heterocycles. The van der Waals surface area contributed by atoms with E-state index in [0.29, 0.717) is 25.9 Å². The van der Waals surface area contributed by atoms with Crippen LogP contribution in [0, 0.1) is 29.1 Å². The first-order chi connectivity index (χ1) is 9.82. The number of benzene rings is 1. The molecule has 0 atom stereocenters. The minimum absolute atomic E-state index is 0.428. The Bertz CT molecular complexity index is 541. The molecule has 1 aromatic rings. The van der Waals surface area contributed by atoms with E-state index in [1.54, 1.807) is 0 Å².